The van der Waals surface area contributed by atoms with Gasteiger partial charge in [-0.1, -0.05) is 101 Å². The lowest BCUT2D eigenvalue weighted by Gasteiger charge is -2.33. The van der Waals surface area contributed by atoms with Crippen LogP contribution in [0.1, 0.15) is 77.2 Å². The Balaban J connectivity index is 1.83. The van der Waals surface area contributed by atoms with E-state index in [9.17, 15) is 28.2 Å². The Hall–Kier alpha value is -2.57. The van der Waals surface area contributed by atoms with Crippen molar-refractivity contribution in [3.05, 3.63) is 48.0 Å². The van der Waals surface area contributed by atoms with Crippen LogP contribution in [0.4, 0.5) is 0 Å². The summed E-state index contributed by atoms with van der Waals surface area (Å²) in [5, 5.41) is 41.7. The average Bonchev–Trinajstić information content (AvgIpc) is 3.06. The van der Waals surface area contributed by atoms with Gasteiger partial charge in [-0.3, -0.25) is 9.59 Å². The average molecular weight is 662 g/mol. The summed E-state index contributed by atoms with van der Waals surface area (Å²) in [5.74, 6) is -2.01. The standard InChI is InChI=1S/C35H55N3O7S/c1-3-5-18-30(35(43)38-31(21-25-12-7-6-8-13-25)33(41)32(40)23-36-19-20-39)37-34(42)28(24-46(44,45)4-2)22-27-16-11-15-26-14-9-10-17-29(26)27/h9-11,14-17,25,28,30-33,36,39-41H,3-8,12-13,18-24H2,1-2H3,(H,37,42)(H,38,43)/t28-,30+,31+,32+,33-/m1/s1. The topological polar surface area (TPSA) is 165 Å². The minimum Gasteiger partial charge on any atom is -0.395 e. The largest absolute Gasteiger partial charge is 0.395 e. The van der Waals surface area contributed by atoms with Gasteiger partial charge >= 0.3 is 0 Å². The molecule has 0 bridgehead atoms. The lowest BCUT2D eigenvalue weighted by Crippen LogP contribution is -2.57. The van der Waals surface area contributed by atoms with E-state index in [1.807, 2.05) is 49.4 Å². The van der Waals surface area contributed by atoms with Crippen LogP contribution in [0.15, 0.2) is 42.5 Å². The number of carbonyl (C=O) groups excluding carboxylic acids is 2. The maximum Gasteiger partial charge on any atom is 0.242 e. The molecule has 1 saturated carbocycles. The molecule has 0 radical (unpaired) electrons. The van der Waals surface area contributed by atoms with Gasteiger partial charge in [-0.25, -0.2) is 8.42 Å². The van der Waals surface area contributed by atoms with Gasteiger partial charge in [-0.2, -0.15) is 0 Å². The summed E-state index contributed by atoms with van der Waals surface area (Å²) in [6.07, 6.45) is 5.33. The van der Waals surface area contributed by atoms with Crippen molar-refractivity contribution in [2.75, 3.05) is 31.2 Å². The molecule has 0 saturated heterocycles. The molecule has 3 rings (SSSR count). The Morgan fingerprint density at radius 2 is 1.67 bits per heavy atom. The summed E-state index contributed by atoms with van der Waals surface area (Å²) in [6.45, 7) is 3.76. The third-order valence-corrected chi connectivity index (χ3v) is 11.0. The molecular weight excluding hydrogens is 606 g/mol. The fourth-order valence-electron chi connectivity index (χ4n) is 6.42. The number of hydrogen-bond donors (Lipinski definition) is 6. The number of amides is 2. The zero-order chi connectivity index (χ0) is 33.5. The summed E-state index contributed by atoms with van der Waals surface area (Å²) in [5.41, 5.74) is 0.860. The quantitative estimate of drug-likeness (QED) is 0.118. The molecule has 46 heavy (non-hydrogen) atoms. The molecule has 1 fully saturated rings. The molecule has 0 spiro atoms. The Bertz CT molecular complexity index is 1330. The molecule has 2 aromatic rings. The van der Waals surface area contributed by atoms with Crippen molar-refractivity contribution in [1.29, 1.82) is 0 Å². The third-order valence-electron chi connectivity index (χ3n) is 9.18. The molecule has 1 aliphatic rings. The van der Waals surface area contributed by atoms with E-state index in [-0.39, 0.29) is 37.6 Å². The maximum absolute atomic E-state index is 13.9. The smallest absolute Gasteiger partial charge is 0.242 e. The van der Waals surface area contributed by atoms with Crippen molar-refractivity contribution in [2.45, 2.75) is 102 Å². The predicted octanol–water partition coefficient (Wildman–Crippen LogP) is 2.87. The molecule has 1 aliphatic carbocycles. The number of rotatable bonds is 20. The van der Waals surface area contributed by atoms with Gasteiger partial charge in [0.1, 0.15) is 12.1 Å². The van der Waals surface area contributed by atoms with Crippen molar-refractivity contribution in [3.63, 3.8) is 0 Å². The molecule has 11 heteroatoms. The first-order valence-electron chi connectivity index (χ1n) is 17.0. The van der Waals surface area contributed by atoms with E-state index < -0.39 is 51.9 Å². The highest BCUT2D eigenvalue weighted by Gasteiger charge is 2.34. The molecule has 5 atom stereocenters. The normalized spacial score (nSPS) is 17.6. The number of unbranched alkanes of at least 4 members (excludes halogenated alkanes) is 1. The summed E-state index contributed by atoms with van der Waals surface area (Å²) in [4.78, 5) is 27.7. The van der Waals surface area contributed by atoms with Crippen LogP contribution in [-0.4, -0.2) is 91.0 Å². The van der Waals surface area contributed by atoms with Crippen LogP contribution in [-0.2, 0) is 25.8 Å². The van der Waals surface area contributed by atoms with Crippen molar-refractivity contribution in [3.8, 4) is 0 Å². The van der Waals surface area contributed by atoms with E-state index in [0.717, 1.165) is 54.9 Å². The molecule has 0 aliphatic heterocycles. The minimum atomic E-state index is -3.52. The molecule has 10 nitrogen and oxygen atoms in total. The molecule has 2 amide bonds. The summed E-state index contributed by atoms with van der Waals surface area (Å²) in [6, 6.07) is 11.9. The van der Waals surface area contributed by atoms with E-state index in [2.05, 4.69) is 16.0 Å². The number of aliphatic hydroxyl groups excluding tert-OH is 3. The molecular formula is C35H55N3O7S. The summed E-state index contributed by atoms with van der Waals surface area (Å²) in [7, 11) is -3.52. The molecule has 0 aromatic heterocycles. The van der Waals surface area contributed by atoms with Gasteiger partial charge in [-0.15, -0.1) is 0 Å². The van der Waals surface area contributed by atoms with E-state index >= 15 is 0 Å². The van der Waals surface area contributed by atoms with Crippen LogP contribution in [0, 0.1) is 11.8 Å². The van der Waals surface area contributed by atoms with Crippen LogP contribution < -0.4 is 16.0 Å². The van der Waals surface area contributed by atoms with Crippen molar-refractivity contribution in [1.82, 2.24) is 16.0 Å². The molecule has 6 N–H and O–H groups in total. The minimum absolute atomic E-state index is 0.0521. The maximum atomic E-state index is 13.9. The molecule has 2 aromatic carbocycles. The second-order valence-electron chi connectivity index (χ2n) is 12.8. The first kappa shape index (κ1) is 37.9. The number of fused-ring (bicyclic) bond motifs is 1. The molecule has 258 valence electrons. The van der Waals surface area contributed by atoms with E-state index in [1.54, 1.807) is 6.92 Å². The van der Waals surface area contributed by atoms with Gasteiger partial charge in [0.25, 0.3) is 0 Å². The number of nitrogens with one attached hydrogen (secondary N) is 3. The second kappa shape index (κ2) is 19.3. The number of sulfone groups is 1. The van der Waals surface area contributed by atoms with Gasteiger partial charge < -0.3 is 31.3 Å². The van der Waals surface area contributed by atoms with Gasteiger partial charge in [-0.05, 0) is 41.5 Å². The summed E-state index contributed by atoms with van der Waals surface area (Å²) < 4.78 is 25.6. The fraction of sp³-hybridized carbons (Fsp3) is 0.657. The highest BCUT2D eigenvalue weighted by molar-refractivity contribution is 7.91. The van der Waals surface area contributed by atoms with Gasteiger partial charge in [0.2, 0.25) is 11.8 Å². The lowest BCUT2D eigenvalue weighted by molar-refractivity contribution is -0.132. The monoisotopic (exact) mass is 661 g/mol. The fourth-order valence-corrected chi connectivity index (χ4v) is 7.54. The summed E-state index contributed by atoms with van der Waals surface area (Å²) >= 11 is 0. The number of hydrogen-bond acceptors (Lipinski definition) is 8. The third kappa shape index (κ3) is 11.9. The lowest BCUT2D eigenvalue weighted by atomic mass is 9.83. The first-order chi connectivity index (χ1) is 22.1. The predicted molar refractivity (Wildman–Crippen MR) is 182 cm³/mol. The highest BCUT2D eigenvalue weighted by atomic mass is 32.2. The number of aliphatic hydroxyl groups is 3. The zero-order valence-corrected chi connectivity index (χ0v) is 28.3. The zero-order valence-electron chi connectivity index (χ0n) is 27.5. The van der Waals surface area contributed by atoms with Crippen molar-refractivity contribution in [2.24, 2.45) is 11.8 Å². The molecule has 0 heterocycles. The van der Waals surface area contributed by atoms with Gasteiger partial charge in [0, 0.05) is 18.8 Å². The van der Waals surface area contributed by atoms with Crippen molar-refractivity contribution < 1.29 is 33.3 Å². The Morgan fingerprint density at radius 3 is 2.37 bits per heavy atom. The van der Waals surface area contributed by atoms with Crippen molar-refractivity contribution >= 4 is 32.4 Å². The SMILES string of the molecule is CCCC[C@H](NC(=O)[C@H](Cc1cccc2ccccc12)CS(=O)(=O)CC)C(=O)N[C@@H](CC1CCCCC1)[C@@H](O)[C@@H](O)CNCCO. The van der Waals surface area contributed by atoms with Gasteiger partial charge in [0.05, 0.1) is 30.4 Å². The van der Waals surface area contributed by atoms with Crippen LogP contribution in [0.5, 0.6) is 0 Å². The van der Waals surface area contributed by atoms with Crippen LogP contribution >= 0.6 is 0 Å². The number of carbonyl (C=O) groups is 2. The second-order valence-corrected chi connectivity index (χ2v) is 15.2. The Labute approximate surface area is 274 Å². The van der Waals surface area contributed by atoms with E-state index in [1.165, 1.54) is 0 Å². The van der Waals surface area contributed by atoms with Crippen LogP contribution in [0.3, 0.4) is 0 Å². The Morgan fingerprint density at radius 1 is 0.957 bits per heavy atom. The van der Waals surface area contributed by atoms with Gasteiger partial charge in [0.15, 0.2) is 9.84 Å². The Kier molecular flexibility index (Phi) is 15.9. The van der Waals surface area contributed by atoms with Crippen LogP contribution in [0.2, 0.25) is 0 Å². The first-order valence-corrected chi connectivity index (χ1v) is 18.9. The molecule has 0 unspecified atom stereocenters. The number of benzene rings is 2. The highest BCUT2D eigenvalue weighted by Crippen LogP contribution is 2.29. The van der Waals surface area contributed by atoms with E-state index in [4.69, 9.17) is 5.11 Å². The van der Waals surface area contributed by atoms with E-state index in [0.29, 0.717) is 25.2 Å². The van der Waals surface area contributed by atoms with Crippen LogP contribution in [0.25, 0.3) is 10.8 Å².